The van der Waals surface area contributed by atoms with E-state index in [0.29, 0.717) is 23.9 Å². The zero-order chi connectivity index (χ0) is 13.9. The van der Waals surface area contributed by atoms with E-state index < -0.39 is 0 Å². The average molecular weight is 278 g/mol. The maximum atomic E-state index is 11.7. The van der Waals surface area contributed by atoms with Crippen LogP contribution in [-0.2, 0) is 6.54 Å². The van der Waals surface area contributed by atoms with Crippen LogP contribution in [0, 0.1) is 0 Å². The van der Waals surface area contributed by atoms with Crippen molar-refractivity contribution < 1.29 is 9.21 Å². The van der Waals surface area contributed by atoms with Crippen molar-refractivity contribution in [2.45, 2.75) is 31.8 Å². The van der Waals surface area contributed by atoms with Crippen molar-refractivity contribution in [3.8, 4) is 0 Å². The van der Waals surface area contributed by atoms with Gasteiger partial charge >= 0.3 is 0 Å². The molecule has 1 unspecified atom stereocenters. The van der Waals surface area contributed by atoms with E-state index in [-0.39, 0.29) is 5.91 Å². The minimum absolute atomic E-state index is 0.286. The van der Waals surface area contributed by atoms with E-state index in [1.165, 1.54) is 32.4 Å². The molecule has 0 spiro atoms. The summed E-state index contributed by atoms with van der Waals surface area (Å²) < 4.78 is 5.47. The number of rotatable bonds is 3. The number of carbonyl (C=O) groups excluding carboxylic acids is 1. The van der Waals surface area contributed by atoms with E-state index in [1.54, 1.807) is 12.3 Å². The Morgan fingerprint density at radius 1 is 1.40 bits per heavy atom. The molecule has 2 aliphatic rings. The van der Waals surface area contributed by atoms with E-state index in [0.717, 1.165) is 13.1 Å². The fraction of sp³-hybridized carbons (Fsp3) is 0.643. The van der Waals surface area contributed by atoms with Gasteiger partial charge in [0.25, 0.3) is 5.91 Å². The molecule has 2 fully saturated rings. The lowest BCUT2D eigenvalue weighted by Gasteiger charge is -2.25. The molecule has 1 atom stereocenters. The standard InChI is InChI=1S/C14H22N4O2/c15-16-14(19)12-4-8-20-13(12)10-17-5-2-7-18-6-1-3-11(18)9-17/h4,8,11H,1-3,5-7,9-10,15H2,(H,16,19). The summed E-state index contributed by atoms with van der Waals surface area (Å²) in [6.45, 7) is 5.22. The summed E-state index contributed by atoms with van der Waals surface area (Å²) in [7, 11) is 0. The molecule has 20 heavy (non-hydrogen) atoms. The largest absolute Gasteiger partial charge is 0.467 e. The van der Waals surface area contributed by atoms with Gasteiger partial charge in [-0.2, -0.15) is 0 Å². The van der Waals surface area contributed by atoms with Crippen molar-refractivity contribution >= 4 is 5.91 Å². The zero-order valence-electron chi connectivity index (χ0n) is 11.7. The minimum atomic E-state index is -0.286. The molecule has 1 aromatic heterocycles. The Hall–Kier alpha value is -1.37. The third kappa shape index (κ3) is 2.72. The second kappa shape index (κ2) is 5.95. The van der Waals surface area contributed by atoms with Crippen molar-refractivity contribution in [3.05, 3.63) is 23.7 Å². The van der Waals surface area contributed by atoms with Gasteiger partial charge in [-0.25, -0.2) is 5.84 Å². The molecule has 3 rings (SSSR count). The number of furan rings is 1. The maximum absolute atomic E-state index is 11.7. The molecule has 2 aliphatic heterocycles. The zero-order valence-corrected chi connectivity index (χ0v) is 11.7. The topological polar surface area (TPSA) is 74.7 Å². The highest BCUT2D eigenvalue weighted by atomic mass is 16.3. The van der Waals surface area contributed by atoms with Gasteiger partial charge in [0.1, 0.15) is 5.76 Å². The molecule has 0 aromatic carbocycles. The van der Waals surface area contributed by atoms with Crippen LogP contribution in [0.5, 0.6) is 0 Å². The second-order valence-corrected chi connectivity index (χ2v) is 5.65. The molecule has 0 aliphatic carbocycles. The van der Waals surface area contributed by atoms with Gasteiger partial charge in [-0.3, -0.25) is 20.0 Å². The lowest BCUT2D eigenvalue weighted by Crippen LogP contribution is -2.36. The number of hydrogen-bond donors (Lipinski definition) is 2. The third-order valence-electron chi connectivity index (χ3n) is 4.38. The fourth-order valence-electron chi connectivity index (χ4n) is 3.37. The van der Waals surface area contributed by atoms with Gasteiger partial charge in [-0.15, -0.1) is 0 Å². The molecule has 110 valence electrons. The number of nitrogens with zero attached hydrogens (tertiary/aromatic N) is 2. The van der Waals surface area contributed by atoms with E-state index in [2.05, 4.69) is 15.2 Å². The summed E-state index contributed by atoms with van der Waals surface area (Å²) >= 11 is 0. The van der Waals surface area contributed by atoms with Gasteiger partial charge in [-0.05, 0) is 45.0 Å². The van der Waals surface area contributed by atoms with E-state index in [4.69, 9.17) is 10.3 Å². The van der Waals surface area contributed by atoms with Crippen LogP contribution in [0.1, 0.15) is 35.4 Å². The number of amides is 1. The minimum Gasteiger partial charge on any atom is -0.467 e. The predicted molar refractivity (Wildman–Crippen MR) is 74.9 cm³/mol. The van der Waals surface area contributed by atoms with Crippen LogP contribution in [0.3, 0.4) is 0 Å². The number of nitrogens with one attached hydrogen (secondary N) is 1. The summed E-state index contributed by atoms with van der Waals surface area (Å²) in [4.78, 5) is 16.6. The normalized spacial score (nSPS) is 24.4. The van der Waals surface area contributed by atoms with Crippen molar-refractivity contribution in [2.24, 2.45) is 5.84 Å². The van der Waals surface area contributed by atoms with Gasteiger partial charge in [0.15, 0.2) is 0 Å². The van der Waals surface area contributed by atoms with Crippen molar-refractivity contribution in [2.75, 3.05) is 26.2 Å². The van der Waals surface area contributed by atoms with Crippen LogP contribution in [-0.4, -0.2) is 47.9 Å². The first kappa shape index (κ1) is 13.6. The lowest BCUT2D eigenvalue weighted by molar-refractivity contribution is 0.0949. The second-order valence-electron chi connectivity index (χ2n) is 5.65. The van der Waals surface area contributed by atoms with Gasteiger partial charge < -0.3 is 4.42 Å². The number of carbonyl (C=O) groups is 1. The lowest BCUT2D eigenvalue weighted by atomic mass is 10.2. The highest BCUT2D eigenvalue weighted by Crippen LogP contribution is 2.23. The van der Waals surface area contributed by atoms with E-state index in [9.17, 15) is 4.79 Å². The van der Waals surface area contributed by atoms with Crippen molar-refractivity contribution in [3.63, 3.8) is 0 Å². The Bertz CT molecular complexity index is 473. The summed E-state index contributed by atoms with van der Waals surface area (Å²) in [5, 5.41) is 0. The number of nitrogen functional groups attached to an aromatic ring is 1. The Kier molecular flexibility index (Phi) is 4.05. The van der Waals surface area contributed by atoms with E-state index in [1.807, 2.05) is 0 Å². The quantitative estimate of drug-likeness (QED) is 0.480. The Labute approximate surface area is 118 Å². The van der Waals surface area contributed by atoms with Crippen molar-refractivity contribution in [1.29, 1.82) is 0 Å². The molecule has 2 saturated heterocycles. The highest BCUT2D eigenvalue weighted by molar-refractivity contribution is 5.94. The molecular formula is C14H22N4O2. The van der Waals surface area contributed by atoms with Gasteiger partial charge in [0.2, 0.25) is 0 Å². The molecule has 3 N–H and O–H groups in total. The van der Waals surface area contributed by atoms with Gasteiger partial charge in [0.05, 0.1) is 18.4 Å². The van der Waals surface area contributed by atoms with Crippen LogP contribution < -0.4 is 11.3 Å². The van der Waals surface area contributed by atoms with Gasteiger partial charge in [0, 0.05) is 12.6 Å². The molecule has 3 heterocycles. The Morgan fingerprint density at radius 3 is 3.10 bits per heavy atom. The number of nitrogens with two attached hydrogens (primary N) is 1. The van der Waals surface area contributed by atoms with Crippen LogP contribution >= 0.6 is 0 Å². The predicted octanol–water partition coefficient (Wildman–Crippen LogP) is 0.553. The Balaban J connectivity index is 1.68. The summed E-state index contributed by atoms with van der Waals surface area (Å²) in [6, 6.07) is 2.34. The molecule has 1 aromatic rings. The smallest absolute Gasteiger partial charge is 0.268 e. The average Bonchev–Trinajstić information content (AvgIpc) is 3.04. The number of hydrazine groups is 1. The van der Waals surface area contributed by atoms with E-state index >= 15 is 0 Å². The van der Waals surface area contributed by atoms with Crippen LogP contribution in [0.25, 0.3) is 0 Å². The number of fused-ring (bicyclic) bond motifs is 1. The monoisotopic (exact) mass is 278 g/mol. The molecule has 6 nitrogen and oxygen atoms in total. The number of hydrogen-bond acceptors (Lipinski definition) is 5. The molecule has 1 amide bonds. The van der Waals surface area contributed by atoms with Crippen molar-refractivity contribution in [1.82, 2.24) is 15.2 Å². The first-order valence-electron chi connectivity index (χ1n) is 7.31. The van der Waals surface area contributed by atoms with Gasteiger partial charge in [-0.1, -0.05) is 0 Å². The SMILES string of the molecule is NNC(=O)c1ccoc1CN1CCCN2CCCC2C1. The van der Waals surface area contributed by atoms with Crippen LogP contribution in [0.2, 0.25) is 0 Å². The van der Waals surface area contributed by atoms with Crippen LogP contribution in [0.15, 0.2) is 16.7 Å². The molecule has 6 heteroatoms. The summed E-state index contributed by atoms with van der Waals surface area (Å²) in [5.74, 6) is 5.62. The molecule has 0 saturated carbocycles. The molecule has 0 radical (unpaired) electrons. The maximum Gasteiger partial charge on any atom is 0.268 e. The molecule has 0 bridgehead atoms. The molecular weight excluding hydrogens is 256 g/mol. The summed E-state index contributed by atoms with van der Waals surface area (Å²) in [5.41, 5.74) is 2.71. The highest BCUT2D eigenvalue weighted by Gasteiger charge is 2.29. The first-order chi connectivity index (χ1) is 9.78. The summed E-state index contributed by atoms with van der Waals surface area (Å²) in [6.07, 6.45) is 5.32. The first-order valence-corrected chi connectivity index (χ1v) is 7.31. The van der Waals surface area contributed by atoms with Crippen LogP contribution in [0.4, 0.5) is 0 Å². The fourth-order valence-corrected chi connectivity index (χ4v) is 3.37. The third-order valence-corrected chi connectivity index (χ3v) is 4.38. The Morgan fingerprint density at radius 2 is 2.25 bits per heavy atom.